The van der Waals surface area contributed by atoms with E-state index in [1.54, 1.807) is 22.9 Å². The van der Waals surface area contributed by atoms with Crippen LogP contribution in [0.15, 0.2) is 35.6 Å². The Hall–Kier alpha value is -1.60. The van der Waals surface area contributed by atoms with E-state index in [1.165, 1.54) is 17.8 Å². The van der Waals surface area contributed by atoms with Crippen LogP contribution in [0.3, 0.4) is 0 Å². The summed E-state index contributed by atoms with van der Waals surface area (Å²) < 4.78 is 30.4. The lowest BCUT2D eigenvalue weighted by molar-refractivity contribution is -0.0498. The molecule has 0 saturated carbocycles. The van der Waals surface area contributed by atoms with E-state index in [9.17, 15) is 8.78 Å². The molecule has 0 amide bonds. The van der Waals surface area contributed by atoms with Gasteiger partial charge in [-0.3, -0.25) is 0 Å². The summed E-state index contributed by atoms with van der Waals surface area (Å²) in [7, 11) is 1.82. The first kappa shape index (κ1) is 14.8. The van der Waals surface area contributed by atoms with Gasteiger partial charge in [0.1, 0.15) is 5.75 Å². The first-order valence-electron chi connectivity index (χ1n) is 5.88. The highest BCUT2D eigenvalue weighted by Gasteiger charge is 2.08. The molecule has 1 heterocycles. The Bertz CT molecular complexity index is 575. The van der Waals surface area contributed by atoms with E-state index >= 15 is 0 Å². The number of imidazole rings is 1. The number of aliphatic hydroxyl groups excluding tert-OH is 1. The summed E-state index contributed by atoms with van der Waals surface area (Å²) >= 11 is 1.46. The van der Waals surface area contributed by atoms with E-state index in [0.717, 1.165) is 16.4 Å². The second-order valence-corrected chi connectivity index (χ2v) is 5.01. The fourth-order valence-corrected chi connectivity index (χ4v) is 2.58. The zero-order chi connectivity index (χ0) is 14.5. The first-order valence-corrected chi connectivity index (χ1v) is 6.86. The molecular weight excluding hydrogens is 286 g/mol. The number of ether oxygens (including phenoxy) is 1. The molecule has 0 bridgehead atoms. The van der Waals surface area contributed by atoms with E-state index in [-0.39, 0.29) is 12.4 Å². The quantitative estimate of drug-likeness (QED) is 0.833. The lowest BCUT2D eigenvalue weighted by Crippen LogP contribution is -2.02. The zero-order valence-corrected chi connectivity index (χ0v) is 11.6. The van der Waals surface area contributed by atoms with E-state index < -0.39 is 6.61 Å². The van der Waals surface area contributed by atoms with Crippen LogP contribution < -0.4 is 4.74 Å². The molecule has 2 aromatic rings. The number of alkyl halides is 2. The van der Waals surface area contributed by atoms with Crippen molar-refractivity contribution in [2.75, 3.05) is 0 Å². The third-order valence-electron chi connectivity index (χ3n) is 2.70. The van der Waals surface area contributed by atoms with Crippen LogP contribution in [-0.4, -0.2) is 21.3 Å². The predicted molar refractivity (Wildman–Crippen MR) is 71.8 cm³/mol. The third-order valence-corrected chi connectivity index (χ3v) is 3.81. The van der Waals surface area contributed by atoms with E-state index in [0.29, 0.717) is 5.75 Å². The lowest BCUT2D eigenvalue weighted by Gasteiger charge is -2.07. The number of thioether (sulfide) groups is 1. The largest absolute Gasteiger partial charge is 0.435 e. The highest BCUT2D eigenvalue weighted by molar-refractivity contribution is 7.98. The minimum absolute atomic E-state index is 0.0677. The molecule has 0 aliphatic rings. The molecular formula is C13H14F2N2O2S. The summed E-state index contributed by atoms with van der Waals surface area (Å²) in [6.45, 7) is -2.89. The Kier molecular flexibility index (Phi) is 4.97. The van der Waals surface area contributed by atoms with Crippen LogP contribution in [0.2, 0.25) is 0 Å². The molecule has 0 spiro atoms. The lowest BCUT2D eigenvalue weighted by atomic mass is 10.2. The fraction of sp³-hybridized carbons (Fsp3) is 0.308. The number of benzene rings is 1. The second-order valence-electron chi connectivity index (χ2n) is 4.06. The van der Waals surface area contributed by atoms with Crippen LogP contribution in [0.25, 0.3) is 0 Å². The molecule has 2 rings (SSSR count). The van der Waals surface area contributed by atoms with E-state index in [1.807, 2.05) is 13.1 Å². The van der Waals surface area contributed by atoms with Crippen molar-refractivity contribution in [3.63, 3.8) is 0 Å². The van der Waals surface area contributed by atoms with Crippen molar-refractivity contribution in [3.8, 4) is 5.75 Å². The summed E-state index contributed by atoms with van der Waals surface area (Å²) in [6, 6.07) is 6.58. The molecule has 0 unspecified atom stereocenters. The number of hydrogen-bond acceptors (Lipinski definition) is 4. The van der Waals surface area contributed by atoms with Gasteiger partial charge < -0.3 is 14.4 Å². The van der Waals surface area contributed by atoms with Crippen LogP contribution in [0.5, 0.6) is 5.75 Å². The van der Waals surface area contributed by atoms with Crippen molar-refractivity contribution in [2.45, 2.75) is 24.1 Å². The topological polar surface area (TPSA) is 47.3 Å². The zero-order valence-electron chi connectivity index (χ0n) is 10.8. The van der Waals surface area contributed by atoms with Crippen molar-refractivity contribution in [1.29, 1.82) is 0 Å². The van der Waals surface area contributed by atoms with Crippen LogP contribution in [0.4, 0.5) is 8.78 Å². The number of aliphatic hydroxyl groups is 1. The highest BCUT2D eigenvalue weighted by Crippen LogP contribution is 2.24. The molecule has 0 aliphatic heterocycles. The Morgan fingerprint density at radius 3 is 2.90 bits per heavy atom. The maximum absolute atomic E-state index is 12.1. The molecule has 4 nitrogen and oxygen atoms in total. The Morgan fingerprint density at radius 2 is 2.25 bits per heavy atom. The molecule has 1 aromatic carbocycles. The molecule has 0 fully saturated rings. The molecule has 0 radical (unpaired) electrons. The van der Waals surface area contributed by atoms with Crippen LogP contribution in [0, 0.1) is 0 Å². The molecule has 0 atom stereocenters. The summed E-state index contributed by atoms with van der Waals surface area (Å²) in [5, 5.41) is 9.84. The van der Waals surface area contributed by atoms with E-state index in [2.05, 4.69) is 9.72 Å². The summed E-state index contributed by atoms with van der Waals surface area (Å²) in [4.78, 5) is 4.19. The smallest absolute Gasteiger partial charge is 0.387 e. The molecule has 1 N–H and O–H groups in total. The SMILES string of the molecule is Cn1c(CO)cnc1SCc1cccc(OC(F)F)c1. The normalized spacial score (nSPS) is 11.1. The van der Waals surface area contributed by atoms with Gasteiger partial charge in [-0.15, -0.1) is 0 Å². The molecule has 20 heavy (non-hydrogen) atoms. The number of hydrogen-bond donors (Lipinski definition) is 1. The number of aromatic nitrogens is 2. The second kappa shape index (κ2) is 6.71. The van der Waals surface area contributed by atoms with Crippen molar-refractivity contribution >= 4 is 11.8 Å². The van der Waals surface area contributed by atoms with Crippen LogP contribution in [0.1, 0.15) is 11.3 Å². The summed E-state index contributed by atoms with van der Waals surface area (Å²) in [5.74, 6) is 0.727. The van der Waals surface area contributed by atoms with Crippen LogP contribution >= 0.6 is 11.8 Å². The van der Waals surface area contributed by atoms with Gasteiger partial charge in [-0.1, -0.05) is 23.9 Å². The van der Waals surface area contributed by atoms with Gasteiger partial charge in [-0.05, 0) is 17.7 Å². The highest BCUT2D eigenvalue weighted by atomic mass is 32.2. The summed E-state index contributed by atoms with van der Waals surface area (Å²) in [5.41, 5.74) is 1.59. The monoisotopic (exact) mass is 300 g/mol. The Morgan fingerprint density at radius 1 is 1.45 bits per heavy atom. The molecule has 108 valence electrons. The number of rotatable bonds is 6. The van der Waals surface area contributed by atoms with Gasteiger partial charge in [0, 0.05) is 12.8 Å². The third kappa shape index (κ3) is 3.71. The maximum Gasteiger partial charge on any atom is 0.387 e. The first-order chi connectivity index (χ1) is 9.60. The van der Waals surface area contributed by atoms with Gasteiger partial charge in [0.2, 0.25) is 0 Å². The van der Waals surface area contributed by atoms with Gasteiger partial charge in [0.05, 0.1) is 18.5 Å². The average Bonchev–Trinajstić information content (AvgIpc) is 2.76. The van der Waals surface area contributed by atoms with Crippen molar-refractivity contribution in [2.24, 2.45) is 7.05 Å². The Balaban J connectivity index is 2.01. The van der Waals surface area contributed by atoms with Crippen molar-refractivity contribution in [1.82, 2.24) is 9.55 Å². The number of nitrogens with zero attached hydrogens (tertiary/aromatic N) is 2. The van der Waals surface area contributed by atoms with Gasteiger partial charge in [-0.25, -0.2) is 4.98 Å². The standard InChI is InChI=1S/C13H14F2N2O2S/c1-17-10(7-18)6-16-13(17)20-8-9-3-2-4-11(5-9)19-12(14)15/h2-6,12,18H,7-8H2,1H3. The molecule has 7 heteroatoms. The van der Waals surface area contributed by atoms with Gasteiger partial charge in [0.15, 0.2) is 5.16 Å². The predicted octanol–water partition coefficient (Wildman–Crippen LogP) is 2.81. The summed E-state index contributed by atoms with van der Waals surface area (Å²) in [6.07, 6.45) is 1.61. The van der Waals surface area contributed by atoms with Gasteiger partial charge in [0.25, 0.3) is 0 Å². The number of halogens is 2. The molecule has 1 aromatic heterocycles. The van der Waals surface area contributed by atoms with Gasteiger partial charge >= 0.3 is 6.61 Å². The van der Waals surface area contributed by atoms with Crippen molar-refractivity contribution in [3.05, 3.63) is 41.7 Å². The van der Waals surface area contributed by atoms with Crippen LogP contribution in [-0.2, 0) is 19.4 Å². The Labute approximate surface area is 119 Å². The van der Waals surface area contributed by atoms with Crippen molar-refractivity contribution < 1.29 is 18.6 Å². The minimum Gasteiger partial charge on any atom is -0.435 e. The molecule has 0 aliphatic carbocycles. The van der Waals surface area contributed by atoms with E-state index in [4.69, 9.17) is 5.11 Å². The maximum atomic E-state index is 12.1. The fourth-order valence-electron chi connectivity index (χ4n) is 1.67. The van der Waals surface area contributed by atoms with Gasteiger partial charge in [-0.2, -0.15) is 8.78 Å². The molecule has 0 saturated heterocycles. The minimum atomic E-state index is -2.82. The average molecular weight is 300 g/mol.